The normalized spacial score (nSPS) is 16.1. The van der Waals surface area contributed by atoms with Crippen molar-refractivity contribution in [1.82, 2.24) is 15.0 Å². The lowest BCUT2D eigenvalue weighted by atomic mass is 10.1. The van der Waals surface area contributed by atoms with E-state index in [9.17, 15) is 4.79 Å². The highest BCUT2D eigenvalue weighted by molar-refractivity contribution is 5.96. The summed E-state index contributed by atoms with van der Waals surface area (Å²) in [5.41, 5.74) is 0.664. The van der Waals surface area contributed by atoms with Gasteiger partial charge in [-0.15, -0.1) is 0 Å². The molecular formula is C15H18N4O2. The zero-order valence-electron chi connectivity index (χ0n) is 12.0. The van der Waals surface area contributed by atoms with Gasteiger partial charge in [0.1, 0.15) is 0 Å². The third-order valence-corrected chi connectivity index (χ3v) is 3.65. The number of ketones is 1. The smallest absolute Gasteiger partial charge is 0.266 e. The van der Waals surface area contributed by atoms with E-state index in [4.69, 9.17) is 4.52 Å². The highest BCUT2D eigenvalue weighted by Crippen LogP contribution is 2.13. The fraction of sp³-hybridized carbons (Fsp3) is 0.400. The van der Waals surface area contributed by atoms with E-state index in [1.165, 1.54) is 0 Å². The first kappa shape index (κ1) is 13.8. The third-order valence-electron chi connectivity index (χ3n) is 3.65. The summed E-state index contributed by atoms with van der Waals surface area (Å²) in [6.45, 7) is 3.71. The van der Waals surface area contributed by atoms with Crippen LogP contribution in [0.15, 0.2) is 34.9 Å². The van der Waals surface area contributed by atoms with E-state index in [1.54, 1.807) is 12.1 Å². The van der Waals surface area contributed by atoms with Gasteiger partial charge in [0.2, 0.25) is 5.89 Å². The Morgan fingerprint density at radius 1 is 1.19 bits per heavy atom. The highest BCUT2D eigenvalue weighted by Gasteiger charge is 2.20. The molecule has 6 nitrogen and oxygen atoms in total. The van der Waals surface area contributed by atoms with Crippen LogP contribution in [0.3, 0.4) is 0 Å². The van der Waals surface area contributed by atoms with Crippen molar-refractivity contribution in [3.05, 3.63) is 41.8 Å². The second-order valence-corrected chi connectivity index (χ2v) is 5.24. The van der Waals surface area contributed by atoms with Gasteiger partial charge in [-0.2, -0.15) is 4.98 Å². The number of rotatable bonds is 4. The Morgan fingerprint density at radius 3 is 2.62 bits per heavy atom. The van der Waals surface area contributed by atoms with E-state index in [2.05, 4.69) is 27.0 Å². The number of anilines is 1. The maximum Gasteiger partial charge on any atom is 0.266 e. The van der Waals surface area contributed by atoms with Crippen molar-refractivity contribution < 1.29 is 9.32 Å². The Labute approximate surface area is 123 Å². The van der Waals surface area contributed by atoms with Crippen molar-refractivity contribution in [2.24, 2.45) is 0 Å². The average molecular weight is 286 g/mol. The number of carbonyl (C=O) groups excluding carboxylic acids is 1. The maximum atomic E-state index is 12.1. The fourth-order valence-electron chi connectivity index (χ4n) is 2.32. The van der Waals surface area contributed by atoms with E-state index in [1.807, 2.05) is 18.2 Å². The predicted molar refractivity (Wildman–Crippen MR) is 78.5 cm³/mol. The van der Waals surface area contributed by atoms with Crippen LogP contribution in [0.4, 0.5) is 5.95 Å². The van der Waals surface area contributed by atoms with Crippen molar-refractivity contribution in [2.45, 2.75) is 6.42 Å². The topological polar surface area (TPSA) is 62.5 Å². The van der Waals surface area contributed by atoms with Gasteiger partial charge in [-0.25, -0.2) is 0 Å². The molecule has 21 heavy (non-hydrogen) atoms. The standard InChI is InChI=1S/C15H18N4O2/c1-18-7-9-19(10-8-18)15-16-14(21-17-15)11-13(20)12-5-3-2-4-6-12/h2-6H,7-11H2,1H3. The summed E-state index contributed by atoms with van der Waals surface area (Å²) in [7, 11) is 2.09. The predicted octanol–water partition coefficient (Wildman–Crippen LogP) is 1.25. The molecule has 6 heteroatoms. The molecule has 0 bridgehead atoms. The van der Waals surface area contributed by atoms with E-state index in [0.29, 0.717) is 17.4 Å². The molecular weight excluding hydrogens is 268 g/mol. The lowest BCUT2D eigenvalue weighted by Crippen LogP contribution is -2.44. The summed E-state index contributed by atoms with van der Waals surface area (Å²) >= 11 is 0. The van der Waals surface area contributed by atoms with Crippen LogP contribution < -0.4 is 4.90 Å². The van der Waals surface area contributed by atoms with E-state index in [-0.39, 0.29) is 12.2 Å². The molecule has 2 heterocycles. The quantitative estimate of drug-likeness (QED) is 0.788. The number of hydrogen-bond donors (Lipinski definition) is 0. The lowest BCUT2D eigenvalue weighted by Gasteiger charge is -2.31. The van der Waals surface area contributed by atoms with E-state index < -0.39 is 0 Å². The molecule has 1 saturated heterocycles. The van der Waals surface area contributed by atoms with E-state index >= 15 is 0 Å². The number of hydrogen-bond acceptors (Lipinski definition) is 6. The first-order valence-corrected chi connectivity index (χ1v) is 7.07. The van der Waals surface area contributed by atoms with Crippen molar-refractivity contribution in [1.29, 1.82) is 0 Å². The molecule has 3 rings (SSSR count). The van der Waals surface area contributed by atoms with Crippen LogP contribution in [0.2, 0.25) is 0 Å². The first-order valence-electron chi connectivity index (χ1n) is 7.07. The average Bonchev–Trinajstić information content (AvgIpc) is 2.97. The molecule has 0 saturated carbocycles. The summed E-state index contributed by atoms with van der Waals surface area (Å²) in [4.78, 5) is 20.8. The van der Waals surface area contributed by atoms with E-state index in [0.717, 1.165) is 26.2 Å². The molecule has 0 N–H and O–H groups in total. The van der Waals surface area contributed by atoms with Crippen LogP contribution in [0, 0.1) is 0 Å². The molecule has 1 aromatic heterocycles. The summed E-state index contributed by atoms with van der Waals surface area (Å²) in [5.74, 6) is 0.945. The van der Waals surface area contributed by atoms with Crippen molar-refractivity contribution in [2.75, 3.05) is 38.1 Å². The van der Waals surface area contributed by atoms with Crippen LogP contribution >= 0.6 is 0 Å². The SMILES string of the molecule is CN1CCN(c2noc(CC(=O)c3ccccc3)n2)CC1. The number of likely N-dealkylation sites (N-methyl/N-ethyl adjacent to an activating group) is 1. The Kier molecular flexibility index (Phi) is 3.96. The van der Waals surface area contributed by atoms with Gasteiger partial charge in [0.05, 0.1) is 6.42 Å². The second-order valence-electron chi connectivity index (χ2n) is 5.24. The molecule has 110 valence electrons. The minimum Gasteiger partial charge on any atom is -0.337 e. The maximum absolute atomic E-state index is 12.1. The van der Waals surface area contributed by atoms with Crippen LogP contribution in [0.1, 0.15) is 16.2 Å². The molecule has 0 spiro atoms. The number of piperazine rings is 1. The molecule has 0 atom stereocenters. The van der Waals surface area contributed by atoms with Gasteiger partial charge in [-0.1, -0.05) is 30.3 Å². The highest BCUT2D eigenvalue weighted by atomic mass is 16.5. The molecule has 0 aliphatic carbocycles. The van der Waals surface area contributed by atoms with Gasteiger partial charge in [0.25, 0.3) is 5.95 Å². The zero-order chi connectivity index (χ0) is 14.7. The fourth-order valence-corrected chi connectivity index (χ4v) is 2.32. The molecule has 1 aliphatic rings. The number of aromatic nitrogens is 2. The summed E-state index contributed by atoms with van der Waals surface area (Å²) < 4.78 is 5.20. The van der Waals surface area contributed by atoms with Crippen LogP contribution in [0.25, 0.3) is 0 Å². The number of benzene rings is 1. The summed E-state index contributed by atoms with van der Waals surface area (Å²) in [6, 6.07) is 9.16. The molecule has 0 unspecified atom stereocenters. The molecule has 1 aliphatic heterocycles. The Hall–Kier alpha value is -2.21. The number of Topliss-reactive ketones (excluding diaryl/α,β-unsaturated/α-hetero) is 1. The Balaban J connectivity index is 1.64. The molecule has 1 fully saturated rings. The van der Waals surface area contributed by atoms with Crippen molar-refractivity contribution >= 4 is 11.7 Å². The van der Waals surface area contributed by atoms with Crippen LogP contribution in [-0.2, 0) is 6.42 Å². The molecule has 0 amide bonds. The minimum atomic E-state index is -0.0100. The minimum absolute atomic E-state index is 0.0100. The summed E-state index contributed by atoms with van der Waals surface area (Å²) in [5, 5.41) is 3.98. The first-order chi connectivity index (χ1) is 10.2. The Bertz CT molecular complexity index is 603. The molecule has 2 aromatic rings. The number of carbonyl (C=O) groups is 1. The van der Waals surface area contributed by atoms with Crippen LogP contribution in [-0.4, -0.2) is 54.1 Å². The van der Waals surface area contributed by atoms with Crippen molar-refractivity contribution in [3.63, 3.8) is 0 Å². The van der Waals surface area contributed by atoms with Gasteiger partial charge >= 0.3 is 0 Å². The largest absolute Gasteiger partial charge is 0.337 e. The van der Waals surface area contributed by atoms with Crippen molar-refractivity contribution in [3.8, 4) is 0 Å². The number of nitrogens with zero attached hydrogens (tertiary/aromatic N) is 4. The van der Waals surface area contributed by atoms with Crippen LogP contribution in [0.5, 0.6) is 0 Å². The monoisotopic (exact) mass is 286 g/mol. The Morgan fingerprint density at radius 2 is 1.90 bits per heavy atom. The van der Waals surface area contributed by atoms with Gasteiger partial charge in [-0.05, 0) is 12.2 Å². The molecule has 1 aromatic carbocycles. The van der Waals surface area contributed by atoms with Gasteiger partial charge < -0.3 is 14.3 Å². The van der Waals surface area contributed by atoms with Gasteiger partial charge in [-0.3, -0.25) is 4.79 Å². The third kappa shape index (κ3) is 3.28. The summed E-state index contributed by atoms with van der Waals surface area (Å²) in [6.07, 6.45) is 0.144. The lowest BCUT2D eigenvalue weighted by molar-refractivity contribution is 0.0983. The van der Waals surface area contributed by atoms with Gasteiger partial charge in [0.15, 0.2) is 5.78 Å². The second kappa shape index (κ2) is 6.05. The van der Waals surface area contributed by atoms with Gasteiger partial charge in [0, 0.05) is 31.7 Å². The zero-order valence-corrected chi connectivity index (χ0v) is 12.0. The molecule has 0 radical (unpaired) electrons.